The summed E-state index contributed by atoms with van der Waals surface area (Å²) >= 11 is 0. The van der Waals surface area contributed by atoms with Gasteiger partial charge in [0.1, 0.15) is 0 Å². The lowest BCUT2D eigenvalue weighted by molar-refractivity contribution is 0.0818. The Labute approximate surface area is 166 Å². The molecule has 2 aliphatic rings. The van der Waals surface area contributed by atoms with Crippen LogP contribution in [0.15, 0.2) is 48.8 Å². The van der Waals surface area contributed by atoms with E-state index < -0.39 is 0 Å². The number of piperidine rings is 1. The molecule has 1 aliphatic carbocycles. The summed E-state index contributed by atoms with van der Waals surface area (Å²) in [6.45, 7) is 3.97. The van der Waals surface area contributed by atoms with E-state index >= 15 is 0 Å². The molecule has 0 radical (unpaired) electrons. The van der Waals surface area contributed by atoms with Gasteiger partial charge < -0.3 is 4.90 Å². The van der Waals surface area contributed by atoms with Crippen molar-refractivity contribution in [3.63, 3.8) is 0 Å². The largest absolute Gasteiger partial charge is 0.303 e. The Hall–Kier alpha value is -2.46. The molecule has 0 N–H and O–H groups in total. The zero-order valence-electron chi connectivity index (χ0n) is 16.3. The Morgan fingerprint density at radius 3 is 2.82 bits per heavy atom. The summed E-state index contributed by atoms with van der Waals surface area (Å²) in [4.78, 5) is 15.9. The van der Waals surface area contributed by atoms with Gasteiger partial charge in [-0.3, -0.25) is 9.48 Å². The molecule has 0 amide bonds. The van der Waals surface area contributed by atoms with E-state index in [9.17, 15) is 4.79 Å². The molecule has 1 aromatic heterocycles. The zero-order valence-corrected chi connectivity index (χ0v) is 16.3. The molecule has 1 fully saturated rings. The number of likely N-dealkylation sites (tertiary alicyclic amines) is 1. The Kier molecular flexibility index (Phi) is 4.73. The molecule has 1 saturated heterocycles. The standard InChI is InChI=1S/C24H27N3O/c28-24(22-11-10-19-9-8-18-5-1-7-21(22)23(18)19)20-6-2-13-26(17-20)14-4-16-27-15-3-12-25-27/h1,3,5,7,10-12,15,20H,2,4,6,8-9,13-14,16-17H2/t20-/m1/s1. The highest BCUT2D eigenvalue weighted by Crippen LogP contribution is 2.34. The number of carbonyl (C=O) groups is 1. The lowest BCUT2D eigenvalue weighted by Gasteiger charge is -2.32. The first-order valence-corrected chi connectivity index (χ1v) is 10.6. The number of hydrogen-bond acceptors (Lipinski definition) is 3. The summed E-state index contributed by atoms with van der Waals surface area (Å²) in [7, 11) is 0. The lowest BCUT2D eigenvalue weighted by Crippen LogP contribution is -2.39. The first-order valence-electron chi connectivity index (χ1n) is 10.6. The van der Waals surface area contributed by atoms with Crippen LogP contribution >= 0.6 is 0 Å². The fraction of sp³-hybridized carbons (Fsp3) is 0.417. The van der Waals surface area contributed by atoms with E-state index in [4.69, 9.17) is 0 Å². The molecule has 3 aromatic rings. The highest BCUT2D eigenvalue weighted by molar-refractivity contribution is 6.11. The van der Waals surface area contributed by atoms with E-state index in [0.717, 1.165) is 63.8 Å². The second-order valence-corrected chi connectivity index (χ2v) is 8.24. The van der Waals surface area contributed by atoms with Crippen LogP contribution in [0.1, 0.15) is 40.7 Å². The van der Waals surface area contributed by atoms with Crippen LogP contribution < -0.4 is 0 Å². The van der Waals surface area contributed by atoms with E-state index in [2.05, 4.69) is 40.3 Å². The molecular formula is C24H27N3O. The average Bonchev–Trinajstić information content (AvgIpc) is 3.39. The van der Waals surface area contributed by atoms with E-state index in [0.29, 0.717) is 5.78 Å². The topological polar surface area (TPSA) is 38.1 Å². The van der Waals surface area contributed by atoms with Gasteiger partial charge in [0.05, 0.1) is 0 Å². The van der Waals surface area contributed by atoms with Crippen molar-refractivity contribution in [2.45, 2.75) is 38.6 Å². The lowest BCUT2D eigenvalue weighted by atomic mass is 9.87. The smallest absolute Gasteiger partial charge is 0.167 e. The normalized spacial score (nSPS) is 19.4. The van der Waals surface area contributed by atoms with Crippen LogP contribution in [-0.2, 0) is 19.4 Å². The number of benzene rings is 2. The van der Waals surface area contributed by atoms with Crippen LogP contribution in [-0.4, -0.2) is 40.1 Å². The molecule has 5 rings (SSSR count). The summed E-state index contributed by atoms with van der Waals surface area (Å²) in [5.74, 6) is 0.462. The highest BCUT2D eigenvalue weighted by atomic mass is 16.1. The van der Waals surface area contributed by atoms with Gasteiger partial charge in [0.25, 0.3) is 0 Å². The average molecular weight is 374 g/mol. The van der Waals surface area contributed by atoms with Crippen LogP contribution in [0.25, 0.3) is 10.8 Å². The summed E-state index contributed by atoms with van der Waals surface area (Å²) < 4.78 is 1.99. The van der Waals surface area contributed by atoms with Crippen molar-refractivity contribution < 1.29 is 4.79 Å². The van der Waals surface area contributed by atoms with Crippen molar-refractivity contribution >= 4 is 16.6 Å². The second-order valence-electron chi connectivity index (χ2n) is 8.24. The van der Waals surface area contributed by atoms with E-state index in [1.165, 1.54) is 21.9 Å². The minimum Gasteiger partial charge on any atom is -0.303 e. The summed E-state index contributed by atoms with van der Waals surface area (Å²) in [6, 6.07) is 12.7. The number of Topliss-reactive ketones (excluding diaryl/α,β-unsaturated/α-hetero) is 1. The summed E-state index contributed by atoms with van der Waals surface area (Å²) in [5.41, 5.74) is 3.75. The van der Waals surface area contributed by atoms with E-state index in [1.807, 2.05) is 23.1 Å². The molecule has 1 aliphatic heterocycles. The molecule has 0 bridgehead atoms. The van der Waals surface area contributed by atoms with Crippen LogP contribution in [0, 0.1) is 5.92 Å². The zero-order chi connectivity index (χ0) is 18.9. The van der Waals surface area contributed by atoms with Gasteiger partial charge in [-0.2, -0.15) is 5.10 Å². The van der Waals surface area contributed by atoms with Gasteiger partial charge in [0, 0.05) is 37.0 Å². The minimum absolute atomic E-state index is 0.122. The van der Waals surface area contributed by atoms with Crippen molar-refractivity contribution in [3.8, 4) is 0 Å². The number of nitrogens with zero attached hydrogens (tertiary/aromatic N) is 3. The van der Waals surface area contributed by atoms with E-state index in [-0.39, 0.29) is 5.92 Å². The highest BCUT2D eigenvalue weighted by Gasteiger charge is 2.28. The summed E-state index contributed by atoms with van der Waals surface area (Å²) in [5, 5.41) is 6.80. The first kappa shape index (κ1) is 17.6. The number of aryl methyl sites for hydroxylation is 3. The van der Waals surface area contributed by atoms with Crippen molar-refractivity contribution in [2.24, 2.45) is 5.92 Å². The Morgan fingerprint density at radius 2 is 1.96 bits per heavy atom. The van der Waals surface area contributed by atoms with Crippen molar-refractivity contribution in [2.75, 3.05) is 19.6 Å². The monoisotopic (exact) mass is 373 g/mol. The van der Waals surface area contributed by atoms with Crippen molar-refractivity contribution in [1.82, 2.24) is 14.7 Å². The molecule has 4 heteroatoms. The maximum absolute atomic E-state index is 13.4. The maximum Gasteiger partial charge on any atom is 0.167 e. The SMILES string of the molecule is O=C(c1ccc2c3c(cccc13)CC2)[C@@H]1CCCN(CCCn2cccn2)C1. The molecule has 0 unspecified atom stereocenters. The third-order valence-electron chi connectivity index (χ3n) is 6.44. The summed E-state index contributed by atoms with van der Waals surface area (Å²) in [6.07, 6.45) is 9.25. The fourth-order valence-electron chi connectivity index (χ4n) is 5.04. The maximum atomic E-state index is 13.4. The van der Waals surface area contributed by atoms with Gasteiger partial charge in [0.2, 0.25) is 0 Å². The molecular weight excluding hydrogens is 346 g/mol. The molecule has 0 saturated carbocycles. The van der Waals surface area contributed by atoms with Crippen LogP contribution in [0.4, 0.5) is 0 Å². The Bertz CT molecular complexity index is 982. The fourth-order valence-corrected chi connectivity index (χ4v) is 5.04. The first-order chi connectivity index (χ1) is 13.8. The van der Waals surface area contributed by atoms with E-state index in [1.54, 1.807) is 0 Å². The number of ketones is 1. The molecule has 0 spiro atoms. The van der Waals surface area contributed by atoms with Crippen LogP contribution in [0.2, 0.25) is 0 Å². The molecule has 4 nitrogen and oxygen atoms in total. The van der Waals surface area contributed by atoms with Gasteiger partial charge in [-0.25, -0.2) is 0 Å². The molecule has 2 heterocycles. The molecule has 144 valence electrons. The van der Waals surface area contributed by atoms with Gasteiger partial charge in [-0.15, -0.1) is 0 Å². The van der Waals surface area contributed by atoms with Gasteiger partial charge in [-0.05, 0) is 73.2 Å². The predicted octanol–water partition coefficient (Wildman–Crippen LogP) is 4.12. The number of hydrogen-bond donors (Lipinski definition) is 0. The molecule has 28 heavy (non-hydrogen) atoms. The van der Waals surface area contributed by atoms with Gasteiger partial charge in [0.15, 0.2) is 5.78 Å². The van der Waals surface area contributed by atoms with Gasteiger partial charge >= 0.3 is 0 Å². The third kappa shape index (κ3) is 3.26. The third-order valence-corrected chi connectivity index (χ3v) is 6.44. The molecule has 2 aromatic carbocycles. The van der Waals surface area contributed by atoms with Crippen LogP contribution in [0.5, 0.6) is 0 Å². The number of carbonyl (C=O) groups excluding carboxylic acids is 1. The quantitative estimate of drug-likeness (QED) is 0.610. The number of aromatic nitrogens is 2. The Morgan fingerprint density at radius 1 is 1.07 bits per heavy atom. The van der Waals surface area contributed by atoms with Crippen molar-refractivity contribution in [3.05, 3.63) is 65.5 Å². The van der Waals surface area contributed by atoms with Crippen LogP contribution in [0.3, 0.4) is 0 Å². The Balaban J connectivity index is 1.30. The van der Waals surface area contributed by atoms with Gasteiger partial charge in [-0.1, -0.05) is 30.3 Å². The second kappa shape index (κ2) is 7.51. The van der Waals surface area contributed by atoms with Crippen molar-refractivity contribution in [1.29, 1.82) is 0 Å². The minimum atomic E-state index is 0.122. The predicted molar refractivity (Wildman–Crippen MR) is 112 cm³/mol. The number of rotatable bonds is 6. The molecule has 1 atom stereocenters.